The van der Waals surface area contributed by atoms with Crippen molar-refractivity contribution in [2.45, 2.75) is 65.1 Å². The molecule has 0 aliphatic heterocycles. The Morgan fingerprint density at radius 1 is 0.850 bits per heavy atom. The molecule has 2 atom stereocenters. The van der Waals surface area contributed by atoms with Gasteiger partial charge in [0.1, 0.15) is 11.6 Å². The summed E-state index contributed by atoms with van der Waals surface area (Å²) in [5, 5.41) is 10.1. The van der Waals surface area contributed by atoms with Crippen LogP contribution in [0, 0.1) is 23.5 Å². The van der Waals surface area contributed by atoms with Crippen molar-refractivity contribution in [2.75, 3.05) is 11.9 Å². The molecule has 3 aromatic rings. The fraction of sp³-hybridized carbons (Fsp3) is 0.406. The van der Waals surface area contributed by atoms with Gasteiger partial charge >= 0.3 is 12.1 Å². The molecule has 0 saturated carbocycles. The van der Waals surface area contributed by atoms with Crippen molar-refractivity contribution < 1.29 is 31.9 Å². The molecule has 0 bridgehead atoms. The van der Waals surface area contributed by atoms with Gasteiger partial charge in [-0.2, -0.15) is 13.2 Å². The van der Waals surface area contributed by atoms with Crippen LogP contribution in [-0.2, 0) is 11.0 Å². The van der Waals surface area contributed by atoms with Crippen LogP contribution in [0.2, 0.25) is 0 Å². The highest BCUT2D eigenvalue weighted by molar-refractivity contribution is 5.81. The number of carboxylic acids is 1. The number of alkyl halides is 3. The standard InChI is InChI=1S/C32H36F5NO2/c1-19(2)11-12-28(23-14-24(33)18-25(34)15-23)38(5)29-17-22(21-9-7-6-8-10-21)16-26(30(29)32(35,36)37)27(31(39)40)13-20(3)4/h6-10,14-20,27-28H,11-13H2,1-5H3,(H,39,40). The largest absolute Gasteiger partial charge is 0.481 e. The van der Waals surface area contributed by atoms with Crippen LogP contribution in [0.1, 0.15) is 75.6 Å². The Kier molecular flexibility index (Phi) is 9.98. The molecule has 216 valence electrons. The Hall–Kier alpha value is -3.42. The SMILES string of the molecule is CC(C)CCC(c1cc(F)cc(F)c1)N(C)c1cc(-c2ccccc2)cc(C(CC(C)C)C(=O)O)c1C(F)(F)F. The van der Waals surface area contributed by atoms with E-state index < -0.39 is 41.3 Å². The Balaban J connectivity index is 2.37. The van der Waals surface area contributed by atoms with Crippen LogP contribution in [0.5, 0.6) is 0 Å². The lowest BCUT2D eigenvalue weighted by atomic mass is 9.84. The normalized spacial score (nSPS) is 13.5. The number of anilines is 1. The van der Waals surface area contributed by atoms with Gasteiger partial charge in [0.2, 0.25) is 0 Å². The zero-order valence-electron chi connectivity index (χ0n) is 23.4. The highest BCUT2D eigenvalue weighted by Gasteiger charge is 2.42. The molecule has 8 heteroatoms. The van der Waals surface area contributed by atoms with Crippen molar-refractivity contribution in [2.24, 2.45) is 11.8 Å². The highest BCUT2D eigenvalue weighted by Crippen LogP contribution is 2.47. The van der Waals surface area contributed by atoms with Gasteiger partial charge in [-0.3, -0.25) is 4.79 Å². The molecule has 0 spiro atoms. The van der Waals surface area contributed by atoms with Crippen LogP contribution in [0.4, 0.5) is 27.6 Å². The van der Waals surface area contributed by atoms with Crippen LogP contribution < -0.4 is 4.90 Å². The van der Waals surface area contributed by atoms with Crippen LogP contribution in [0.25, 0.3) is 11.1 Å². The van der Waals surface area contributed by atoms with E-state index >= 15 is 0 Å². The van der Waals surface area contributed by atoms with E-state index in [0.29, 0.717) is 24.0 Å². The Morgan fingerprint density at radius 2 is 1.45 bits per heavy atom. The van der Waals surface area contributed by atoms with Crippen molar-refractivity contribution in [1.82, 2.24) is 0 Å². The number of aliphatic carboxylic acids is 1. The maximum Gasteiger partial charge on any atom is 0.418 e. The van der Waals surface area contributed by atoms with E-state index in [4.69, 9.17) is 0 Å². The number of carbonyl (C=O) groups is 1. The van der Waals surface area contributed by atoms with E-state index in [1.807, 2.05) is 13.8 Å². The van der Waals surface area contributed by atoms with Crippen molar-refractivity contribution in [3.8, 4) is 11.1 Å². The monoisotopic (exact) mass is 561 g/mol. The lowest BCUT2D eigenvalue weighted by molar-refractivity contribution is -0.141. The zero-order valence-corrected chi connectivity index (χ0v) is 23.4. The Morgan fingerprint density at radius 3 is 1.95 bits per heavy atom. The number of rotatable bonds is 11. The molecule has 0 aliphatic carbocycles. The van der Waals surface area contributed by atoms with Gasteiger partial charge in [-0.15, -0.1) is 0 Å². The lowest BCUT2D eigenvalue weighted by Gasteiger charge is -2.35. The summed E-state index contributed by atoms with van der Waals surface area (Å²) >= 11 is 0. The molecule has 0 saturated heterocycles. The summed E-state index contributed by atoms with van der Waals surface area (Å²) in [6.07, 6.45) is -3.97. The minimum atomic E-state index is -4.89. The molecule has 3 rings (SSSR count). The first-order valence-electron chi connectivity index (χ1n) is 13.4. The van der Waals surface area contributed by atoms with Gasteiger partial charge in [0, 0.05) is 13.1 Å². The van der Waals surface area contributed by atoms with Crippen molar-refractivity contribution in [1.29, 1.82) is 0 Å². The van der Waals surface area contributed by atoms with E-state index in [-0.39, 0.29) is 35.1 Å². The quantitative estimate of drug-likeness (QED) is 0.237. The molecule has 0 fully saturated rings. The summed E-state index contributed by atoms with van der Waals surface area (Å²) in [6, 6.07) is 13.7. The van der Waals surface area contributed by atoms with E-state index in [1.54, 1.807) is 44.2 Å². The molecule has 40 heavy (non-hydrogen) atoms. The minimum Gasteiger partial charge on any atom is -0.481 e. The maximum atomic E-state index is 14.9. The molecule has 3 nitrogen and oxygen atoms in total. The summed E-state index contributed by atoms with van der Waals surface area (Å²) in [7, 11) is 1.47. The van der Waals surface area contributed by atoms with E-state index in [2.05, 4.69) is 0 Å². The van der Waals surface area contributed by atoms with Crippen molar-refractivity contribution in [3.63, 3.8) is 0 Å². The molecule has 3 aromatic carbocycles. The predicted octanol–water partition coefficient (Wildman–Crippen LogP) is 9.48. The molecule has 1 N–H and O–H groups in total. The van der Waals surface area contributed by atoms with Crippen LogP contribution in [-0.4, -0.2) is 18.1 Å². The second-order valence-corrected chi connectivity index (χ2v) is 11.1. The van der Waals surface area contributed by atoms with Gasteiger partial charge < -0.3 is 10.0 Å². The van der Waals surface area contributed by atoms with Gasteiger partial charge in [0.05, 0.1) is 23.2 Å². The summed E-state index contributed by atoms with van der Waals surface area (Å²) in [5.74, 6) is -4.40. The number of nitrogens with zero attached hydrogens (tertiary/aromatic N) is 1. The van der Waals surface area contributed by atoms with E-state index in [0.717, 1.165) is 18.2 Å². The van der Waals surface area contributed by atoms with Gasteiger partial charge in [-0.05, 0) is 77.6 Å². The molecular weight excluding hydrogens is 525 g/mol. The molecule has 0 heterocycles. The average molecular weight is 562 g/mol. The maximum absolute atomic E-state index is 14.9. The third-order valence-corrected chi connectivity index (χ3v) is 7.05. The molecular formula is C32H36F5NO2. The minimum absolute atomic E-state index is 0.00565. The van der Waals surface area contributed by atoms with Crippen LogP contribution >= 0.6 is 0 Å². The Labute approximate surface area is 232 Å². The summed E-state index contributed by atoms with van der Waals surface area (Å²) in [5.41, 5.74) is -0.362. The number of carboxylic acid groups (broad SMARTS) is 1. The number of halogens is 5. The molecule has 2 unspecified atom stereocenters. The number of benzene rings is 3. The molecule has 0 aliphatic rings. The van der Waals surface area contributed by atoms with Crippen molar-refractivity contribution >= 4 is 11.7 Å². The van der Waals surface area contributed by atoms with Gasteiger partial charge in [-0.1, -0.05) is 58.0 Å². The Bertz CT molecular complexity index is 1280. The second kappa shape index (κ2) is 12.8. The first-order valence-corrected chi connectivity index (χ1v) is 13.4. The van der Waals surface area contributed by atoms with E-state index in [9.17, 15) is 31.9 Å². The van der Waals surface area contributed by atoms with Crippen molar-refractivity contribution in [3.05, 3.63) is 89.0 Å². The zero-order chi connectivity index (χ0) is 29.8. The summed E-state index contributed by atoms with van der Waals surface area (Å²) in [6.45, 7) is 7.44. The number of hydrogen-bond acceptors (Lipinski definition) is 2. The third kappa shape index (κ3) is 7.61. The lowest BCUT2D eigenvalue weighted by Crippen LogP contribution is -2.29. The number of hydrogen-bond donors (Lipinski definition) is 1. The fourth-order valence-corrected chi connectivity index (χ4v) is 5.15. The smallest absolute Gasteiger partial charge is 0.418 e. The molecule has 0 aromatic heterocycles. The second-order valence-electron chi connectivity index (χ2n) is 11.1. The topological polar surface area (TPSA) is 40.5 Å². The first-order chi connectivity index (χ1) is 18.7. The summed E-state index contributed by atoms with van der Waals surface area (Å²) in [4.78, 5) is 13.8. The van der Waals surface area contributed by atoms with E-state index in [1.165, 1.54) is 24.1 Å². The third-order valence-electron chi connectivity index (χ3n) is 7.05. The van der Waals surface area contributed by atoms with Crippen LogP contribution in [0.15, 0.2) is 60.7 Å². The molecule has 0 amide bonds. The average Bonchev–Trinajstić information content (AvgIpc) is 2.85. The first kappa shape index (κ1) is 31.1. The van der Waals surface area contributed by atoms with Crippen LogP contribution in [0.3, 0.4) is 0 Å². The van der Waals surface area contributed by atoms with Gasteiger partial charge in [0.25, 0.3) is 0 Å². The molecule has 0 radical (unpaired) electrons. The predicted molar refractivity (Wildman–Crippen MR) is 148 cm³/mol. The van der Waals surface area contributed by atoms with Gasteiger partial charge in [0.15, 0.2) is 0 Å². The van der Waals surface area contributed by atoms with Gasteiger partial charge in [-0.25, -0.2) is 8.78 Å². The fourth-order valence-electron chi connectivity index (χ4n) is 5.15. The summed E-state index contributed by atoms with van der Waals surface area (Å²) < 4.78 is 73.4. The highest BCUT2D eigenvalue weighted by atomic mass is 19.4.